The van der Waals surface area contributed by atoms with Crippen molar-refractivity contribution in [3.8, 4) is 0 Å². The van der Waals surface area contributed by atoms with E-state index in [4.69, 9.17) is 0 Å². The van der Waals surface area contributed by atoms with Crippen LogP contribution in [0.25, 0.3) is 0 Å². The Morgan fingerprint density at radius 1 is 1.25 bits per heavy atom. The molecule has 0 aromatic heterocycles. The topological polar surface area (TPSA) is 46.6 Å². The van der Waals surface area contributed by atoms with Gasteiger partial charge in [-0.15, -0.1) is 0 Å². The van der Waals surface area contributed by atoms with Gasteiger partial charge in [-0.3, -0.25) is 0 Å². The predicted octanol–water partition coefficient (Wildman–Crippen LogP) is 0.581. The number of hydrogen-bond donors (Lipinski definition) is 1. The van der Waals surface area contributed by atoms with Gasteiger partial charge in [-0.2, -0.15) is 4.28 Å². The standard InChI is InChI=1S/C7H9NO3S/c1-8(11-12(9)10)7-5-3-2-4-6-7/h2-6,12H,1H3. The minimum Gasteiger partial charge on any atom is -0.240 e. The molecule has 0 spiro atoms. The molecule has 0 amide bonds. The molecule has 0 fully saturated rings. The van der Waals surface area contributed by atoms with Crippen LogP contribution in [0.15, 0.2) is 30.3 Å². The summed E-state index contributed by atoms with van der Waals surface area (Å²) in [6, 6.07) is 8.94. The zero-order valence-electron chi connectivity index (χ0n) is 6.51. The van der Waals surface area contributed by atoms with Gasteiger partial charge < -0.3 is 0 Å². The van der Waals surface area contributed by atoms with Crippen LogP contribution in [-0.4, -0.2) is 15.5 Å². The highest BCUT2D eigenvalue weighted by molar-refractivity contribution is 7.67. The first-order valence-corrected chi connectivity index (χ1v) is 4.41. The van der Waals surface area contributed by atoms with Gasteiger partial charge in [0.05, 0.1) is 5.69 Å². The van der Waals surface area contributed by atoms with Crippen LogP contribution in [0.4, 0.5) is 5.69 Å². The number of rotatable bonds is 3. The first-order valence-electron chi connectivity index (χ1n) is 3.31. The van der Waals surface area contributed by atoms with Crippen molar-refractivity contribution in [1.29, 1.82) is 0 Å². The largest absolute Gasteiger partial charge is 0.277 e. The van der Waals surface area contributed by atoms with Gasteiger partial charge in [-0.1, -0.05) is 18.2 Å². The molecule has 0 bridgehead atoms. The quantitative estimate of drug-likeness (QED) is 0.555. The Bertz CT molecular complexity index is 302. The number of anilines is 1. The summed E-state index contributed by atoms with van der Waals surface area (Å²) in [5.41, 5.74) is 0.691. The van der Waals surface area contributed by atoms with Gasteiger partial charge in [0, 0.05) is 7.05 Å². The lowest BCUT2D eigenvalue weighted by atomic mass is 10.3. The van der Waals surface area contributed by atoms with Crippen molar-refractivity contribution >= 4 is 16.7 Å². The van der Waals surface area contributed by atoms with Gasteiger partial charge in [-0.05, 0) is 12.1 Å². The van der Waals surface area contributed by atoms with E-state index in [9.17, 15) is 8.42 Å². The van der Waals surface area contributed by atoms with E-state index in [1.54, 1.807) is 24.3 Å². The monoisotopic (exact) mass is 187 g/mol. The average molecular weight is 187 g/mol. The van der Waals surface area contributed by atoms with Crippen LogP contribution in [0, 0.1) is 0 Å². The van der Waals surface area contributed by atoms with E-state index in [1.807, 2.05) is 6.07 Å². The Labute approximate surface area is 72.5 Å². The molecule has 5 heteroatoms. The number of benzene rings is 1. The van der Waals surface area contributed by atoms with Gasteiger partial charge in [0.1, 0.15) is 0 Å². The van der Waals surface area contributed by atoms with Gasteiger partial charge in [0.2, 0.25) is 0 Å². The number of nitrogens with zero attached hydrogens (tertiary/aromatic N) is 1. The highest BCUT2D eigenvalue weighted by Crippen LogP contribution is 2.10. The average Bonchev–Trinajstić information content (AvgIpc) is 2.05. The highest BCUT2D eigenvalue weighted by atomic mass is 32.2. The molecule has 0 atom stereocenters. The molecule has 0 saturated carbocycles. The zero-order chi connectivity index (χ0) is 8.97. The first kappa shape index (κ1) is 9.02. The van der Waals surface area contributed by atoms with Crippen LogP contribution in [0.2, 0.25) is 0 Å². The number of hydrogen-bond acceptors (Lipinski definition) is 4. The second kappa shape index (κ2) is 4.08. The molecule has 0 N–H and O–H groups in total. The van der Waals surface area contributed by atoms with Crippen molar-refractivity contribution in [3.63, 3.8) is 0 Å². The predicted molar refractivity (Wildman–Crippen MR) is 46.2 cm³/mol. The van der Waals surface area contributed by atoms with Gasteiger partial charge >= 0.3 is 0 Å². The summed E-state index contributed by atoms with van der Waals surface area (Å²) in [5.74, 6) is 0. The molecule has 66 valence electrons. The van der Waals surface area contributed by atoms with Crippen LogP contribution in [0.3, 0.4) is 0 Å². The Balaban J connectivity index is 2.71. The third-order valence-electron chi connectivity index (χ3n) is 1.31. The minimum atomic E-state index is -2.84. The lowest BCUT2D eigenvalue weighted by Gasteiger charge is -2.12. The van der Waals surface area contributed by atoms with Crippen LogP contribution in [-0.2, 0) is 15.3 Å². The molecule has 0 unspecified atom stereocenters. The molecule has 1 aromatic carbocycles. The van der Waals surface area contributed by atoms with E-state index in [1.165, 1.54) is 12.1 Å². The van der Waals surface area contributed by atoms with Gasteiger partial charge in [0.15, 0.2) is 0 Å². The van der Waals surface area contributed by atoms with E-state index < -0.39 is 11.0 Å². The maximum atomic E-state index is 10.2. The molecule has 12 heavy (non-hydrogen) atoms. The molecular formula is C7H9NO3S. The molecule has 0 aliphatic carbocycles. The molecule has 1 rings (SSSR count). The van der Waals surface area contributed by atoms with E-state index in [-0.39, 0.29) is 0 Å². The highest BCUT2D eigenvalue weighted by Gasteiger charge is 1.99. The van der Waals surface area contributed by atoms with Crippen molar-refractivity contribution < 1.29 is 12.7 Å². The van der Waals surface area contributed by atoms with Crippen molar-refractivity contribution in [2.45, 2.75) is 0 Å². The van der Waals surface area contributed by atoms with Crippen molar-refractivity contribution in [3.05, 3.63) is 30.3 Å². The molecule has 0 saturated heterocycles. The van der Waals surface area contributed by atoms with Crippen LogP contribution < -0.4 is 5.06 Å². The Kier molecular flexibility index (Phi) is 3.07. The molecule has 0 aliphatic heterocycles. The number of para-hydroxylation sites is 1. The summed E-state index contributed by atoms with van der Waals surface area (Å²) < 4.78 is 24.7. The molecule has 4 nitrogen and oxygen atoms in total. The van der Waals surface area contributed by atoms with Crippen molar-refractivity contribution in [2.24, 2.45) is 0 Å². The van der Waals surface area contributed by atoms with E-state index in [2.05, 4.69) is 4.28 Å². The molecule has 0 heterocycles. The number of hydroxylamine groups is 1. The van der Waals surface area contributed by atoms with Crippen molar-refractivity contribution in [1.82, 2.24) is 0 Å². The molecule has 0 radical (unpaired) electrons. The maximum Gasteiger partial charge on any atom is 0.277 e. The fourth-order valence-corrected chi connectivity index (χ4v) is 1.08. The first-order chi connectivity index (χ1) is 5.70. The SMILES string of the molecule is CN(O[SH](=O)=O)c1ccccc1. The minimum absolute atomic E-state index is 0.691. The summed E-state index contributed by atoms with van der Waals surface area (Å²) in [4.78, 5) is 0. The van der Waals surface area contributed by atoms with E-state index >= 15 is 0 Å². The van der Waals surface area contributed by atoms with Crippen LogP contribution >= 0.6 is 0 Å². The Morgan fingerprint density at radius 2 is 1.83 bits per heavy atom. The molecular weight excluding hydrogens is 178 g/mol. The lowest BCUT2D eigenvalue weighted by Crippen LogP contribution is -2.16. The van der Waals surface area contributed by atoms with Crippen LogP contribution in [0.5, 0.6) is 0 Å². The second-order valence-corrected chi connectivity index (χ2v) is 2.75. The zero-order valence-corrected chi connectivity index (χ0v) is 7.40. The lowest BCUT2D eigenvalue weighted by molar-refractivity contribution is 0.320. The molecule has 0 aliphatic rings. The number of thiol groups is 1. The Morgan fingerprint density at radius 3 is 2.33 bits per heavy atom. The van der Waals surface area contributed by atoms with Gasteiger partial charge in [-0.25, -0.2) is 13.5 Å². The summed E-state index contributed by atoms with van der Waals surface area (Å²) in [6.07, 6.45) is 0. The third kappa shape index (κ3) is 2.52. The fraction of sp³-hybridized carbons (Fsp3) is 0.143. The van der Waals surface area contributed by atoms with E-state index in [0.717, 1.165) is 0 Å². The summed E-state index contributed by atoms with van der Waals surface area (Å²) in [5, 5.41) is 1.19. The normalized spacial score (nSPS) is 10.2. The smallest absolute Gasteiger partial charge is 0.240 e. The van der Waals surface area contributed by atoms with E-state index in [0.29, 0.717) is 5.69 Å². The third-order valence-corrected chi connectivity index (χ3v) is 1.69. The Hall–Kier alpha value is -1.07. The second-order valence-electron chi connectivity index (χ2n) is 2.14. The van der Waals surface area contributed by atoms with Gasteiger partial charge in [0.25, 0.3) is 11.0 Å². The maximum absolute atomic E-state index is 10.2. The summed E-state index contributed by atoms with van der Waals surface area (Å²) in [6.45, 7) is 0. The van der Waals surface area contributed by atoms with Crippen LogP contribution in [0.1, 0.15) is 0 Å². The molecule has 1 aromatic rings. The summed E-state index contributed by atoms with van der Waals surface area (Å²) in [7, 11) is -1.31. The van der Waals surface area contributed by atoms with Crippen molar-refractivity contribution in [2.75, 3.05) is 12.1 Å². The summed E-state index contributed by atoms with van der Waals surface area (Å²) >= 11 is 0. The fourth-order valence-electron chi connectivity index (χ4n) is 0.785.